The highest BCUT2D eigenvalue weighted by Gasteiger charge is 2.13. The van der Waals surface area contributed by atoms with E-state index in [0.29, 0.717) is 21.7 Å². The minimum atomic E-state index is -0.132. The van der Waals surface area contributed by atoms with Crippen molar-refractivity contribution in [3.8, 4) is 5.75 Å². The van der Waals surface area contributed by atoms with Crippen molar-refractivity contribution in [2.24, 2.45) is 7.05 Å². The summed E-state index contributed by atoms with van der Waals surface area (Å²) in [5, 5.41) is 14.7. The summed E-state index contributed by atoms with van der Waals surface area (Å²) in [5.74, 6) is 1.56. The second-order valence-electron chi connectivity index (χ2n) is 6.97. The van der Waals surface area contributed by atoms with Gasteiger partial charge in [-0.05, 0) is 36.1 Å². The van der Waals surface area contributed by atoms with Crippen molar-refractivity contribution in [1.82, 2.24) is 14.8 Å². The second kappa shape index (κ2) is 9.41. The summed E-state index contributed by atoms with van der Waals surface area (Å²) < 4.78 is 7.85. The van der Waals surface area contributed by atoms with Crippen LogP contribution < -0.4 is 10.1 Å². The van der Waals surface area contributed by atoms with Crippen molar-refractivity contribution >= 4 is 45.7 Å². The summed E-state index contributed by atoms with van der Waals surface area (Å²) in [4.78, 5) is 12.3. The number of nitrogens with zero attached hydrogens (tertiary/aromatic N) is 3. The number of hydrogen-bond acceptors (Lipinski definition) is 5. The molecule has 0 unspecified atom stereocenters. The zero-order valence-corrected chi connectivity index (χ0v) is 18.7. The summed E-state index contributed by atoms with van der Waals surface area (Å²) in [7, 11) is 1.86. The molecule has 0 fully saturated rings. The third-order valence-electron chi connectivity index (χ3n) is 4.91. The molecule has 1 heterocycles. The maximum atomic E-state index is 12.3. The molecule has 31 heavy (non-hydrogen) atoms. The normalized spacial score (nSPS) is 10.9. The molecule has 4 rings (SSSR count). The standard InChI is InChI=1S/C23H21ClN4O2S/c1-15-18(24)10-6-11-19(15)25-22(29)14-31-23-27-26-21(28(23)2)13-30-20-12-5-8-16-7-3-4-9-17(16)20/h3-12H,13-14H2,1-2H3,(H,25,29). The van der Waals surface area contributed by atoms with Gasteiger partial charge < -0.3 is 14.6 Å². The fourth-order valence-electron chi connectivity index (χ4n) is 3.12. The van der Waals surface area contributed by atoms with Gasteiger partial charge in [-0.25, -0.2) is 0 Å². The smallest absolute Gasteiger partial charge is 0.234 e. The number of carbonyl (C=O) groups excluding carboxylic acids is 1. The van der Waals surface area contributed by atoms with Gasteiger partial charge in [0.2, 0.25) is 5.91 Å². The maximum absolute atomic E-state index is 12.3. The Morgan fingerprint density at radius 3 is 2.74 bits per heavy atom. The van der Waals surface area contributed by atoms with E-state index < -0.39 is 0 Å². The number of nitrogens with one attached hydrogen (secondary N) is 1. The van der Waals surface area contributed by atoms with Gasteiger partial charge in [0.05, 0.1) is 5.75 Å². The first-order valence-corrected chi connectivity index (χ1v) is 11.1. The predicted molar refractivity (Wildman–Crippen MR) is 125 cm³/mol. The zero-order chi connectivity index (χ0) is 21.8. The Morgan fingerprint density at radius 1 is 1.10 bits per heavy atom. The molecule has 8 heteroatoms. The lowest BCUT2D eigenvalue weighted by Crippen LogP contribution is -2.15. The molecule has 0 aliphatic rings. The van der Waals surface area contributed by atoms with Gasteiger partial charge >= 0.3 is 0 Å². The van der Waals surface area contributed by atoms with E-state index >= 15 is 0 Å². The van der Waals surface area contributed by atoms with Crippen LogP contribution >= 0.6 is 23.4 Å². The number of rotatable bonds is 7. The van der Waals surface area contributed by atoms with Gasteiger partial charge in [-0.1, -0.05) is 65.8 Å². The Morgan fingerprint density at radius 2 is 1.87 bits per heavy atom. The molecule has 0 spiro atoms. The Kier molecular flexibility index (Phi) is 6.44. The first-order valence-electron chi connectivity index (χ1n) is 9.69. The molecule has 0 saturated carbocycles. The van der Waals surface area contributed by atoms with Crippen molar-refractivity contribution in [2.75, 3.05) is 11.1 Å². The lowest BCUT2D eigenvalue weighted by atomic mass is 10.1. The average molecular weight is 453 g/mol. The van der Waals surface area contributed by atoms with E-state index in [-0.39, 0.29) is 18.3 Å². The first-order chi connectivity index (χ1) is 15.0. The third-order valence-corrected chi connectivity index (χ3v) is 6.34. The number of benzene rings is 3. The topological polar surface area (TPSA) is 69.0 Å². The largest absolute Gasteiger partial charge is 0.485 e. The Labute approximate surface area is 189 Å². The Bertz CT molecular complexity index is 1240. The van der Waals surface area contributed by atoms with Crippen LogP contribution in [0.5, 0.6) is 5.75 Å². The van der Waals surface area contributed by atoms with Crippen LogP contribution in [0, 0.1) is 6.92 Å². The summed E-state index contributed by atoms with van der Waals surface area (Å²) >= 11 is 7.43. The van der Waals surface area contributed by atoms with E-state index in [1.807, 2.05) is 61.0 Å². The van der Waals surface area contributed by atoms with Gasteiger partial charge in [0.25, 0.3) is 0 Å². The van der Waals surface area contributed by atoms with Gasteiger partial charge in [-0.3, -0.25) is 4.79 Å². The summed E-state index contributed by atoms with van der Waals surface area (Å²) in [6, 6.07) is 19.5. The molecule has 1 amide bonds. The molecule has 0 aliphatic carbocycles. The van der Waals surface area contributed by atoms with Gasteiger partial charge in [0.1, 0.15) is 12.4 Å². The highest BCUT2D eigenvalue weighted by molar-refractivity contribution is 7.99. The van der Waals surface area contributed by atoms with E-state index in [1.54, 1.807) is 6.07 Å². The third kappa shape index (κ3) is 4.84. The number of hydrogen-bond donors (Lipinski definition) is 1. The number of carbonyl (C=O) groups is 1. The number of anilines is 1. The van der Waals surface area contributed by atoms with E-state index in [1.165, 1.54) is 11.8 Å². The van der Waals surface area contributed by atoms with Gasteiger partial charge in [-0.15, -0.1) is 10.2 Å². The number of fused-ring (bicyclic) bond motifs is 1. The van der Waals surface area contributed by atoms with Crippen LogP contribution in [0.4, 0.5) is 5.69 Å². The summed E-state index contributed by atoms with van der Waals surface area (Å²) in [6.45, 7) is 2.15. The first kappa shape index (κ1) is 21.2. The minimum Gasteiger partial charge on any atom is -0.485 e. The molecular weight excluding hydrogens is 432 g/mol. The molecule has 0 aliphatic heterocycles. The Balaban J connectivity index is 1.37. The van der Waals surface area contributed by atoms with Crippen molar-refractivity contribution in [3.63, 3.8) is 0 Å². The molecule has 0 saturated heterocycles. The van der Waals surface area contributed by atoms with Crippen molar-refractivity contribution in [3.05, 3.63) is 77.1 Å². The molecule has 4 aromatic rings. The monoisotopic (exact) mass is 452 g/mol. The van der Waals surface area contributed by atoms with Crippen LogP contribution in [0.15, 0.2) is 65.8 Å². The van der Waals surface area contributed by atoms with E-state index in [9.17, 15) is 4.79 Å². The quantitative estimate of drug-likeness (QED) is 0.388. The molecule has 6 nitrogen and oxygen atoms in total. The van der Waals surface area contributed by atoms with Crippen molar-refractivity contribution in [1.29, 1.82) is 0 Å². The fraction of sp³-hybridized carbons (Fsp3) is 0.174. The van der Waals surface area contributed by atoms with E-state index in [0.717, 1.165) is 22.1 Å². The van der Waals surface area contributed by atoms with Gasteiger partial charge in [0, 0.05) is 23.1 Å². The number of aromatic nitrogens is 3. The highest BCUT2D eigenvalue weighted by atomic mass is 35.5. The lowest BCUT2D eigenvalue weighted by molar-refractivity contribution is -0.113. The zero-order valence-electron chi connectivity index (χ0n) is 17.1. The number of thioether (sulfide) groups is 1. The van der Waals surface area contributed by atoms with Crippen molar-refractivity contribution < 1.29 is 9.53 Å². The molecule has 0 bridgehead atoms. The molecule has 1 N–H and O–H groups in total. The van der Waals surface area contributed by atoms with Crippen LogP contribution in [-0.4, -0.2) is 26.4 Å². The minimum absolute atomic E-state index is 0.132. The Hall–Kier alpha value is -3.03. The molecular formula is C23H21ClN4O2S. The fourth-order valence-corrected chi connectivity index (χ4v) is 4.02. The predicted octanol–water partition coefficient (Wildman–Crippen LogP) is 5.24. The second-order valence-corrected chi connectivity index (χ2v) is 8.32. The number of halogens is 1. The molecule has 0 radical (unpaired) electrons. The van der Waals surface area contributed by atoms with Crippen LogP contribution in [0.1, 0.15) is 11.4 Å². The maximum Gasteiger partial charge on any atom is 0.234 e. The molecule has 1 aromatic heterocycles. The van der Waals surface area contributed by atoms with Crippen LogP contribution in [0.25, 0.3) is 10.8 Å². The lowest BCUT2D eigenvalue weighted by Gasteiger charge is -2.10. The highest BCUT2D eigenvalue weighted by Crippen LogP contribution is 2.26. The van der Waals surface area contributed by atoms with E-state index in [4.69, 9.17) is 16.3 Å². The molecule has 3 aromatic carbocycles. The van der Waals surface area contributed by atoms with Gasteiger partial charge in [-0.2, -0.15) is 0 Å². The SMILES string of the molecule is Cc1c(Cl)cccc1NC(=O)CSc1nnc(COc2cccc3ccccc23)n1C. The summed E-state index contributed by atoms with van der Waals surface area (Å²) in [6.07, 6.45) is 0. The van der Waals surface area contributed by atoms with Crippen LogP contribution in [0.2, 0.25) is 5.02 Å². The number of ether oxygens (including phenoxy) is 1. The summed E-state index contributed by atoms with van der Waals surface area (Å²) in [5.41, 5.74) is 1.55. The average Bonchev–Trinajstić information content (AvgIpc) is 3.13. The van der Waals surface area contributed by atoms with Crippen molar-refractivity contribution in [2.45, 2.75) is 18.7 Å². The van der Waals surface area contributed by atoms with Crippen LogP contribution in [-0.2, 0) is 18.4 Å². The van der Waals surface area contributed by atoms with E-state index in [2.05, 4.69) is 27.6 Å². The van der Waals surface area contributed by atoms with Gasteiger partial charge in [0.15, 0.2) is 11.0 Å². The number of amides is 1. The van der Waals surface area contributed by atoms with Crippen LogP contribution in [0.3, 0.4) is 0 Å². The molecule has 158 valence electrons. The molecule has 0 atom stereocenters.